The molecular formula is C23H21FN4O4S. The molecule has 1 unspecified atom stereocenters. The van der Waals surface area contributed by atoms with E-state index >= 15 is 0 Å². The highest BCUT2D eigenvalue weighted by molar-refractivity contribution is 7.91. The molecule has 1 aliphatic carbocycles. The van der Waals surface area contributed by atoms with E-state index < -0.39 is 34.6 Å². The fourth-order valence-electron chi connectivity index (χ4n) is 4.91. The molecule has 5 atom stereocenters. The number of carbonyl (C=O) groups is 2. The van der Waals surface area contributed by atoms with E-state index in [0.717, 1.165) is 0 Å². The molecule has 3 fully saturated rings. The van der Waals surface area contributed by atoms with Gasteiger partial charge in [0.05, 0.1) is 30.5 Å². The molecule has 3 aliphatic rings. The molecule has 170 valence electrons. The van der Waals surface area contributed by atoms with Crippen molar-refractivity contribution in [3.05, 3.63) is 48.0 Å². The van der Waals surface area contributed by atoms with Gasteiger partial charge in [-0.25, -0.2) is 9.18 Å². The molecule has 0 spiro atoms. The Morgan fingerprint density at radius 3 is 2.76 bits per heavy atom. The van der Waals surface area contributed by atoms with Crippen molar-refractivity contribution in [1.29, 1.82) is 5.26 Å². The molecule has 1 aromatic heterocycles. The molecule has 3 heterocycles. The summed E-state index contributed by atoms with van der Waals surface area (Å²) in [6.07, 6.45) is 0.444. The van der Waals surface area contributed by atoms with Gasteiger partial charge in [0.15, 0.2) is 0 Å². The lowest BCUT2D eigenvalue weighted by Gasteiger charge is -2.16. The van der Waals surface area contributed by atoms with Crippen LogP contribution in [0.25, 0.3) is 11.1 Å². The third kappa shape index (κ3) is 3.61. The molecule has 1 aromatic carbocycles. The molecule has 5 rings (SSSR count). The third-order valence-corrected chi connectivity index (χ3v) is 8.14. The van der Waals surface area contributed by atoms with Crippen molar-refractivity contribution in [3.8, 4) is 17.2 Å². The van der Waals surface area contributed by atoms with Crippen LogP contribution in [-0.4, -0.2) is 52.2 Å². The summed E-state index contributed by atoms with van der Waals surface area (Å²) in [5, 5.41) is 12.4. The van der Waals surface area contributed by atoms with Crippen LogP contribution >= 0.6 is 0 Å². The number of halogens is 1. The van der Waals surface area contributed by atoms with Crippen LogP contribution in [0.5, 0.6) is 0 Å². The predicted molar refractivity (Wildman–Crippen MR) is 118 cm³/mol. The number of nitrogens with zero attached hydrogens (tertiary/aromatic N) is 3. The molecule has 2 saturated heterocycles. The minimum Gasteiger partial charge on any atom is -0.616 e. The number of fused-ring (bicyclic) bond motifs is 1. The minimum absolute atomic E-state index is 0.0763. The molecule has 2 aliphatic heterocycles. The molecule has 10 heteroatoms. The fourth-order valence-corrected chi connectivity index (χ4v) is 6.83. The first-order valence-corrected chi connectivity index (χ1v) is 12.1. The number of cyclic esters (lactones) is 1. The highest BCUT2D eigenvalue weighted by atomic mass is 32.2. The van der Waals surface area contributed by atoms with Crippen LogP contribution in [0.2, 0.25) is 0 Å². The number of ether oxygens (including phenoxy) is 1. The summed E-state index contributed by atoms with van der Waals surface area (Å²) in [5.74, 6) is 0.471. The van der Waals surface area contributed by atoms with Crippen molar-refractivity contribution in [2.75, 3.05) is 29.5 Å². The Kier molecular flexibility index (Phi) is 5.26. The number of benzene rings is 1. The van der Waals surface area contributed by atoms with E-state index in [1.807, 2.05) is 0 Å². The topological polar surface area (TPSA) is 118 Å². The number of rotatable bonds is 5. The Balaban J connectivity index is 1.32. The maximum Gasteiger partial charge on any atom is 0.414 e. The number of hydrogen-bond donors (Lipinski definition) is 1. The van der Waals surface area contributed by atoms with Gasteiger partial charge in [0.2, 0.25) is 5.91 Å². The summed E-state index contributed by atoms with van der Waals surface area (Å²) in [6.45, 7) is 1.78. The van der Waals surface area contributed by atoms with Crippen LogP contribution in [0.3, 0.4) is 0 Å². The Morgan fingerprint density at radius 1 is 1.39 bits per heavy atom. The zero-order chi connectivity index (χ0) is 23.3. The SMILES string of the molecule is CC(=O)NC[C@H]1CN(c2ccc(-c3ccc([C@@]4(C#N)[C@@H]5C[S+]([O-])C[C@@H]54)nc3)c(F)c2)C(=O)O1. The lowest BCUT2D eigenvalue weighted by Crippen LogP contribution is -2.33. The molecule has 2 aromatic rings. The molecule has 8 nitrogen and oxygen atoms in total. The first-order chi connectivity index (χ1) is 15.8. The predicted octanol–water partition coefficient (Wildman–Crippen LogP) is 2.12. The van der Waals surface area contributed by atoms with Crippen LogP contribution < -0.4 is 10.2 Å². The Morgan fingerprint density at radius 2 is 2.15 bits per heavy atom. The van der Waals surface area contributed by atoms with Gasteiger partial charge in [-0.15, -0.1) is 0 Å². The standard InChI is InChI=1S/C23H21FN4O4S/c1-13(29)26-8-16-9-28(22(30)32-16)15-3-4-17(20(24)6-15)14-2-5-21(27-7-14)23(12-25)18-10-33(31)11-19(18)23/h2-7,16,18-19H,8-11H2,1H3,(H,26,29)/t16-,18-,19+,23+,33?/m0/s1. The van der Waals surface area contributed by atoms with Crippen LogP contribution in [0.15, 0.2) is 36.5 Å². The first-order valence-electron chi connectivity index (χ1n) is 10.6. The lowest BCUT2D eigenvalue weighted by atomic mass is 9.97. The second-order valence-electron chi connectivity index (χ2n) is 8.62. The first kappa shape index (κ1) is 21.7. The van der Waals surface area contributed by atoms with Gasteiger partial charge in [0.1, 0.15) is 28.8 Å². The molecule has 0 radical (unpaired) electrons. The van der Waals surface area contributed by atoms with Crippen molar-refractivity contribution >= 4 is 28.9 Å². The van der Waals surface area contributed by atoms with Gasteiger partial charge in [-0.1, -0.05) is 17.2 Å². The molecule has 2 amide bonds. The zero-order valence-corrected chi connectivity index (χ0v) is 18.6. The van der Waals surface area contributed by atoms with E-state index in [0.29, 0.717) is 34.0 Å². The maximum atomic E-state index is 15.0. The number of aromatic nitrogens is 1. The van der Waals surface area contributed by atoms with E-state index in [4.69, 9.17) is 4.74 Å². The Hall–Kier alpha value is -3.16. The highest BCUT2D eigenvalue weighted by Gasteiger charge is 2.73. The summed E-state index contributed by atoms with van der Waals surface area (Å²) < 4.78 is 31.9. The van der Waals surface area contributed by atoms with E-state index in [9.17, 15) is 23.8 Å². The van der Waals surface area contributed by atoms with Crippen molar-refractivity contribution in [1.82, 2.24) is 10.3 Å². The van der Waals surface area contributed by atoms with E-state index in [-0.39, 0.29) is 30.8 Å². The summed E-state index contributed by atoms with van der Waals surface area (Å²) in [4.78, 5) is 29.0. The average Bonchev–Trinajstić information content (AvgIpc) is 3.05. The van der Waals surface area contributed by atoms with Crippen molar-refractivity contribution < 1.29 is 23.3 Å². The third-order valence-electron chi connectivity index (χ3n) is 6.68. The van der Waals surface area contributed by atoms with Gasteiger partial charge >= 0.3 is 6.09 Å². The van der Waals surface area contributed by atoms with Gasteiger partial charge in [-0.05, 0) is 24.3 Å². The summed E-state index contributed by atoms with van der Waals surface area (Å²) >= 11 is -0.858. The van der Waals surface area contributed by atoms with Crippen LogP contribution in [-0.2, 0) is 26.1 Å². The van der Waals surface area contributed by atoms with Crippen LogP contribution in [0.4, 0.5) is 14.9 Å². The van der Waals surface area contributed by atoms with Gasteiger partial charge < -0.3 is 14.6 Å². The van der Waals surface area contributed by atoms with Crippen molar-refractivity contribution in [2.24, 2.45) is 11.8 Å². The molecule has 1 N–H and O–H groups in total. The van der Waals surface area contributed by atoms with E-state index in [1.54, 1.807) is 30.5 Å². The number of carbonyl (C=O) groups excluding carboxylic acids is 2. The molecule has 33 heavy (non-hydrogen) atoms. The minimum atomic E-state index is -0.858. The molecule has 0 bridgehead atoms. The zero-order valence-electron chi connectivity index (χ0n) is 17.8. The number of anilines is 1. The molecular weight excluding hydrogens is 447 g/mol. The second-order valence-corrected chi connectivity index (χ2v) is 10.2. The normalized spacial score (nSPS) is 29.9. The van der Waals surface area contributed by atoms with E-state index in [2.05, 4.69) is 16.4 Å². The monoisotopic (exact) mass is 468 g/mol. The highest BCUT2D eigenvalue weighted by Crippen LogP contribution is 2.63. The number of pyridine rings is 1. The van der Waals surface area contributed by atoms with Crippen molar-refractivity contribution in [3.63, 3.8) is 0 Å². The number of amides is 2. The summed E-state index contributed by atoms with van der Waals surface area (Å²) in [7, 11) is 0. The van der Waals surface area contributed by atoms with E-state index in [1.165, 1.54) is 17.9 Å². The number of nitrogens with one attached hydrogen (secondary N) is 1. The Bertz CT molecular complexity index is 1160. The summed E-state index contributed by atoms with van der Waals surface area (Å²) in [6, 6.07) is 10.3. The van der Waals surface area contributed by atoms with Gasteiger partial charge in [-0.3, -0.25) is 14.7 Å². The second kappa shape index (κ2) is 8.01. The van der Waals surface area contributed by atoms with Crippen LogP contribution in [0, 0.1) is 29.0 Å². The number of nitriles is 1. The van der Waals surface area contributed by atoms with Gasteiger partial charge in [-0.2, -0.15) is 5.26 Å². The van der Waals surface area contributed by atoms with Gasteiger partial charge in [0, 0.05) is 36.1 Å². The molecule has 1 saturated carbocycles. The quantitative estimate of drug-likeness (QED) is 0.672. The maximum absolute atomic E-state index is 15.0. The Labute approximate surface area is 192 Å². The van der Waals surface area contributed by atoms with Crippen LogP contribution in [0.1, 0.15) is 12.6 Å². The smallest absolute Gasteiger partial charge is 0.414 e. The lowest BCUT2D eigenvalue weighted by molar-refractivity contribution is -0.119. The summed E-state index contributed by atoms with van der Waals surface area (Å²) in [5.41, 5.74) is 1.20. The average molecular weight is 469 g/mol. The van der Waals surface area contributed by atoms with Crippen molar-refractivity contribution in [2.45, 2.75) is 18.4 Å². The number of hydrogen-bond acceptors (Lipinski definition) is 6. The largest absolute Gasteiger partial charge is 0.616 e. The van der Waals surface area contributed by atoms with Gasteiger partial charge in [0.25, 0.3) is 0 Å². The fraction of sp³-hybridized carbons (Fsp3) is 0.391.